The van der Waals surface area contributed by atoms with Crippen molar-refractivity contribution in [3.05, 3.63) is 23.8 Å². The zero-order chi connectivity index (χ0) is 17.7. The molecule has 0 spiro atoms. The van der Waals surface area contributed by atoms with E-state index < -0.39 is 10.0 Å². The van der Waals surface area contributed by atoms with Crippen LogP contribution in [0, 0.1) is 6.92 Å². The Morgan fingerprint density at radius 1 is 1.17 bits per heavy atom. The second-order valence-electron chi connectivity index (χ2n) is 5.85. The molecular formula is C17H26N2O4S. The molecule has 0 unspecified atom stereocenters. The van der Waals surface area contributed by atoms with Gasteiger partial charge in [-0.2, -0.15) is 4.31 Å². The molecule has 1 aromatic rings. The summed E-state index contributed by atoms with van der Waals surface area (Å²) in [5, 5.41) is 0. The van der Waals surface area contributed by atoms with Gasteiger partial charge in [-0.05, 0) is 44.0 Å². The van der Waals surface area contributed by atoms with Crippen LogP contribution >= 0.6 is 0 Å². The van der Waals surface area contributed by atoms with E-state index in [4.69, 9.17) is 4.74 Å². The molecule has 0 atom stereocenters. The van der Waals surface area contributed by atoms with Crippen LogP contribution in [0.15, 0.2) is 23.1 Å². The molecule has 1 amide bonds. The maximum absolute atomic E-state index is 12.9. The minimum absolute atomic E-state index is 0.0751. The van der Waals surface area contributed by atoms with Crippen LogP contribution < -0.4 is 4.74 Å². The van der Waals surface area contributed by atoms with Gasteiger partial charge < -0.3 is 9.64 Å². The Hall–Kier alpha value is -1.60. The van der Waals surface area contributed by atoms with Crippen molar-refractivity contribution in [3.63, 3.8) is 0 Å². The molecule has 0 aromatic heterocycles. The summed E-state index contributed by atoms with van der Waals surface area (Å²) in [4.78, 5) is 13.9. The molecule has 0 saturated carbocycles. The molecule has 1 aromatic carbocycles. The fraction of sp³-hybridized carbons (Fsp3) is 0.588. The van der Waals surface area contributed by atoms with E-state index in [-0.39, 0.29) is 10.8 Å². The third-order valence-electron chi connectivity index (χ3n) is 4.19. The number of carbonyl (C=O) groups excluding carboxylic acids is 1. The summed E-state index contributed by atoms with van der Waals surface area (Å²) >= 11 is 0. The van der Waals surface area contributed by atoms with Crippen molar-refractivity contribution in [2.75, 3.05) is 32.8 Å². The number of rotatable bonds is 5. The number of hydrogen-bond donors (Lipinski definition) is 0. The maximum Gasteiger partial charge on any atom is 0.243 e. The van der Waals surface area contributed by atoms with Crippen LogP contribution in [0.2, 0.25) is 0 Å². The molecule has 6 nitrogen and oxygen atoms in total. The monoisotopic (exact) mass is 354 g/mol. The molecule has 1 aliphatic rings. The summed E-state index contributed by atoms with van der Waals surface area (Å²) in [5.74, 6) is 0.776. The fourth-order valence-corrected chi connectivity index (χ4v) is 4.41. The zero-order valence-corrected chi connectivity index (χ0v) is 15.4. The topological polar surface area (TPSA) is 66.9 Å². The first kappa shape index (κ1) is 18.7. The van der Waals surface area contributed by atoms with Gasteiger partial charge in [0.1, 0.15) is 5.75 Å². The summed E-state index contributed by atoms with van der Waals surface area (Å²) in [6.45, 7) is 7.93. The van der Waals surface area contributed by atoms with E-state index in [9.17, 15) is 13.2 Å². The van der Waals surface area contributed by atoms with Crippen LogP contribution in [0.3, 0.4) is 0 Å². The number of ether oxygens (including phenoxy) is 1. The first-order chi connectivity index (χ1) is 11.4. The highest BCUT2D eigenvalue weighted by Crippen LogP contribution is 2.24. The third-order valence-corrected chi connectivity index (χ3v) is 6.09. The highest BCUT2D eigenvalue weighted by Gasteiger charge is 2.28. The average molecular weight is 354 g/mol. The van der Waals surface area contributed by atoms with Crippen molar-refractivity contribution in [3.8, 4) is 5.75 Å². The Morgan fingerprint density at radius 2 is 1.92 bits per heavy atom. The van der Waals surface area contributed by atoms with Crippen LogP contribution in [-0.2, 0) is 14.8 Å². The van der Waals surface area contributed by atoms with E-state index >= 15 is 0 Å². The molecule has 1 saturated heterocycles. The number of aryl methyl sites for hydroxylation is 1. The van der Waals surface area contributed by atoms with Gasteiger partial charge in [-0.15, -0.1) is 0 Å². The summed E-state index contributed by atoms with van der Waals surface area (Å²) in [7, 11) is -3.56. The molecular weight excluding hydrogens is 328 g/mol. The predicted molar refractivity (Wildman–Crippen MR) is 92.6 cm³/mol. The first-order valence-electron chi connectivity index (χ1n) is 8.41. The number of hydrogen-bond acceptors (Lipinski definition) is 4. The molecule has 0 bridgehead atoms. The Labute approximate surface area is 144 Å². The normalized spacial score (nSPS) is 16.7. The quantitative estimate of drug-likeness (QED) is 0.811. The van der Waals surface area contributed by atoms with Gasteiger partial charge in [0, 0.05) is 32.6 Å². The lowest BCUT2D eigenvalue weighted by Crippen LogP contribution is -2.37. The lowest BCUT2D eigenvalue weighted by Gasteiger charge is -2.22. The standard InChI is InChI=1S/C17H26N2O4S/c1-4-17(20)18-9-6-10-19(12-11-18)24(21,22)15-7-8-16(23-5-2)14(3)13-15/h7-8,13H,4-6,9-12H2,1-3H3. The van der Waals surface area contributed by atoms with Gasteiger partial charge in [-0.25, -0.2) is 8.42 Å². The van der Waals surface area contributed by atoms with Gasteiger partial charge in [0.15, 0.2) is 0 Å². The molecule has 134 valence electrons. The lowest BCUT2D eigenvalue weighted by atomic mass is 10.2. The van der Waals surface area contributed by atoms with Crippen molar-refractivity contribution < 1.29 is 17.9 Å². The largest absolute Gasteiger partial charge is 0.494 e. The number of nitrogens with zero attached hydrogens (tertiary/aromatic N) is 2. The Bertz CT molecular complexity index is 688. The molecule has 0 aliphatic carbocycles. The maximum atomic E-state index is 12.9. The van der Waals surface area contributed by atoms with Crippen LogP contribution in [0.25, 0.3) is 0 Å². The summed E-state index contributed by atoms with van der Waals surface area (Å²) in [6, 6.07) is 4.95. The SMILES string of the molecule is CCOc1ccc(S(=O)(=O)N2CCCN(C(=O)CC)CC2)cc1C. The van der Waals surface area contributed by atoms with Crippen molar-refractivity contribution in [1.29, 1.82) is 0 Å². The number of amides is 1. The Kier molecular flexibility index (Phi) is 6.23. The minimum atomic E-state index is -3.56. The van der Waals surface area contributed by atoms with Crippen molar-refractivity contribution >= 4 is 15.9 Å². The van der Waals surface area contributed by atoms with Gasteiger partial charge in [-0.1, -0.05) is 6.92 Å². The summed E-state index contributed by atoms with van der Waals surface area (Å²) in [6.07, 6.45) is 1.10. The lowest BCUT2D eigenvalue weighted by molar-refractivity contribution is -0.130. The van der Waals surface area contributed by atoms with Crippen molar-refractivity contribution in [2.45, 2.75) is 38.5 Å². The van der Waals surface area contributed by atoms with E-state index in [0.717, 1.165) is 5.56 Å². The highest BCUT2D eigenvalue weighted by atomic mass is 32.2. The number of benzene rings is 1. The fourth-order valence-electron chi connectivity index (χ4n) is 2.86. The number of sulfonamides is 1. The summed E-state index contributed by atoms with van der Waals surface area (Å²) in [5.41, 5.74) is 0.801. The molecule has 1 fully saturated rings. The molecule has 7 heteroatoms. The molecule has 0 radical (unpaired) electrons. The van der Waals surface area contributed by atoms with Crippen LogP contribution in [0.1, 0.15) is 32.3 Å². The first-order valence-corrected chi connectivity index (χ1v) is 9.85. The average Bonchev–Trinajstić information content (AvgIpc) is 2.82. The van der Waals surface area contributed by atoms with Crippen molar-refractivity contribution in [1.82, 2.24) is 9.21 Å². The smallest absolute Gasteiger partial charge is 0.243 e. The van der Waals surface area contributed by atoms with Gasteiger partial charge >= 0.3 is 0 Å². The molecule has 1 aliphatic heterocycles. The molecule has 1 heterocycles. The molecule has 0 N–H and O–H groups in total. The zero-order valence-electron chi connectivity index (χ0n) is 14.6. The third kappa shape index (κ3) is 4.08. The molecule has 2 rings (SSSR count). The number of carbonyl (C=O) groups is 1. The van der Waals surface area contributed by atoms with E-state index in [0.29, 0.717) is 51.4 Å². The van der Waals surface area contributed by atoms with Crippen LogP contribution in [0.5, 0.6) is 5.75 Å². The predicted octanol–water partition coefficient (Wildman–Crippen LogP) is 2.03. The Morgan fingerprint density at radius 3 is 2.54 bits per heavy atom. The van der Waals surface area contributed by atoms with Gasteiger partial charge in [-0.3, -0.25) is 4.79 Å². The minimum Gasteiger partial charge on any atom is -0.494 e. The van der Waals surface area contributed by atoms with E-state index in [2.05, 4.69) is 0 Å². The van der Waals surface area contributed by atoms with Crippen LogP contribution in [-0.4, -0.2) is 56.3 Å². The summed E-state index contributed by atoms with van der Waals surface area (Å²) < 4.78 is 32.7. The van der Waals surface area contributed by atoms with Crippen molar-refractivity contribution in [2.24, 2.45) is 0 Å². The second kappa shape index (κ2) is 7.98. The Balaban J connectivity index is 2.18. The highest BCUT2D eigenvalue weighted by molar-refractivity contribution is 7.89. The second-order valence-corrected chi connectivity index (χ2v) is 7.79. The molecule has 24 heavy (non-hydrogen) atoms. The van der Waals surface area contributed by atoms with Gasteiger partial charge in [0.05, 0.1) is 11.5 Å². The van der Waals surface area contributed by atoms with E-state index in [1.54, 1.807) is 23.1 Å². The van der Waals surface area contributed by atoms with E-state index in [1.807, 2.05) is 20.8 Å². The van der Waals surface area contributed by atoms with Gasteiger partial charge in [0.25, 0.3) is 0 Å². The van der Waals surface area contributed by atoms with Crippen LogP contribution in [0.4, 0.5) is 0 Å². The van der Waals surface area contributed by atoms with Gasteiger partial charge in [0.2, 0.25) is 15.9 Å². The van der Waals surface area contributed by atoms with E-state index in [1.165, 1.54) is 4.31 Å².